The standard InChI is InChI=1S/C10H23N3O2/c1-9(6-8-15-2)12-7-4-3-5-10(11)13-14/h9,12,14H,3-8H2,1-2H3,(H2,11,13). The summed E-state index contributed by atoms with van der Waals surface area (Å²) in [6, 6.07) is 0.480. The average molecular weight is 217 g/mol. The van der Waals surface area contributed by atoms with Crippen LogP contribution in [0.25, 0.3) is 0 Å². The summed E-state index contributed by atoms with van der Waals surface area (Å²) in [5.41, 5.74) is 5.34. The van der Waals surface area contributed by atoms with Crippen LogP contribution in [0.3, 0.4) is 0 Å². The zero-order valence-electron chi connectivity index (χ0n) is 9.70. The third-order valence-electron chi connectivity index (χ3n) is 2.24. The zero-order valence-corrected chi connectivity index (χ0v) is 9.70. The highest BCUT2D eigenvalue weighted by Crippen LogP contribution is 1.96. The van der Waals surface area contributed by atoms with Crippen LogP contribution in [0.1, 0.15) is 32.6 Å². The van der Waals surface area contributed by atoms with E-state index in [1.807, 2.05) is 0 Å². The molecule has 5 nitrogen and oxygen atoms in total. The molecule has 0 saturated heterocycles. The molecule has 0 heterocycles. The largest absolute Gasteiger partial charge is 0.409 e. The van der Waals surface area contributed by atoms with Crippen molar-refractivity contribution in [2.24, 2.45) is 10.9 Å². The van der Waals surface area contributed by atoms with Crippen molar-refractivity contribution in [3.05, 3.63) is 0 Å². The number of hydrogen-bond donors (Lipinski definition) is 3. The van der Waals surface area contributed by atoms with Gasteiger partial charge in [0.2, 0.25) is 0 Å². The van der Waals surface area contributed by atoms with E-state index in [4.69, 9.17) is 15.7 Å². The van der Waals surface area contributed by atoms with E-state index >= 15 is 0 Å². The van der Waals surface area contributed by atoms with Crippen LogP contribution in [0, 0.1) is 0 Å². The van der Waals surface area contributed by atoms with Crippen LogP contribution in [-0.2, 0) is 4.74 Å². The van der Waals surface area contributed by atoms with E-state index in [0.29, 0.717) is 18.3 Å². The van der Waals surface area contributed by atoms with E-state index in [1.165, 1.54) is 0 Å². The number of rotatable bonds is 9. The molecule has 0 rings (SSSR count). The van der Waals surface area contributed by atoms with Gasteiger partial charge in [-0.3, -0.25) is 0 Å². The fourth-order valence-corrected chi connectivity index (χ4v) is 1.23. The monoisotopic (exact) mass is 217 g/mol. The Kier molecular flexibility index (Phi) is 9.21. The lowest BCUT2D eigenvalue weighted by molar-refractivity contribution is 0.185. The summed E-state index contributed by atoms with van der Waals surface area (Å²) in [4.78, 5) is 0. The van der Waals surface area contributed by atoms with Crippen LogP contribution in [0.2, 0.25) is 0 Å². The van der Waals surface area contributed by atoms with Crippen molar-refractivity contribution in [2.75, 3.05) is 20.3 Å². The van der Waals surface area contributed by atoms with Gasteiger partial charge in [0.1, 0.15) is 5.84 Å². The Labute approximate surface area is 91.7 Å². The van der Waals surface area contributed by atoms with Crippen molar-refractivity contribution >= 4 is 5.84 Å². The number of methoxy groups -OCH3 is 1. The Morgan fingerprint density at radius 3 is 2.87 bits per heavy atom. The van der Waals surface area contributed by atoms with Crippen LogP contribution >= 0.6 is 0 Å². The summed E-state index contributed by atoms with van der Waals surface area (Å²) in [5, 5.41) is 14.6. The molecule has 1 atom stereocenters. The van der Waals surface area contributed by atoms with E-state index < -0.39 is 0 Å². The van der Waals surface area contributed by atoms with Crippen LogP contribution in [0.5, 0.6) is 0 Å². The Morgan fingerprint density at radius 2 is 2.27 bits per heavy atom. The lowest BCUT2D eigenvalue weighted by Crippen LogP contribution is -2.28. The fourth-order valence-electron chi connectivity index (χ4n) is 1.23. The number of nitrogens with one attached hydrogen (secondary N) is 1. The van der Waals surface area contributed by atoms with Gasteiger partial charge in [-0.2, -0.15) is 0 Å². The third-order valence-corrected chi connectivity index (χ3v) is 2.24. The van der Waals surface area contributed by atoms with E-state index in [-0.39, 0.29) is 0 Å². The van der Waals surface area contributed by atoms with Crippen molar-refractivity contribution in [1.29, 1.82) is 0 Å². The molecule has 0 aromatic heterocycles. The van der Waals surface area contributed by atoms with Crippen LogP contribution in [-0.4, -0.2) is 37.3 Å². The molecule has 0 bridgehead atoms. The van der Waals surface area contributed by atoms with Gasteiger partial charge in [-0.25, -0.2) is 0 Å². The van der Waals surface area contributed by atoms with Crippen molar-refractivity contribution in [3.8, 4) is 0 Å². The van der Waals surface area contributed by atoms with Gasteiger partial charge in [-0.05, 0) is 32.7 Å². The molecule has 5 heteroatoms. The highest BCUT2D eigenvalue weighted by molar-refractivity contribution is 5.79. The van der Waals surface area contributed by atoms with Crippen molar-refractivity contribution in [3.63, 3.8) is 0 Å². The molecule has 4 N–H and O–H groups in total. The number of oxime groups is 1. The summed E-state index contributed by atoms with van der Waals surface area (Å²) in [7, 11) is 1.71. The number of hydrogen-bond acceptors (Lipinski definition) is 4. The Balaban J connectivity index is 3.23. The molecule has 0 amide bonds. The minimum atomic E-state index is 0.308. The molecular weight excluding hydrogens is 194 g/mol. The third kappa shape index (κ3) is 9.49. The lowest BCUT2D eigenvalue weighted by atomic mass is 10.2. The van der Waals surface area contributed by atoms with Gasteiger partial charge < -0.3 is 21.0 Å². The van der Waals surface area contributed by atoms with Crippen molar-refractivity contribution in [1.82, 2.24) is 5.32 Å². The minimum Gasteiger partial charge on any atom is -0.409 e. The van der Waals surface area contributed by atoms with E-state index in [1.54, 1.807) is 7.11 Å². The number of ether oxygens (including phenoxy) is 1. The first-order chi connectivity index (χ1) is 7.20. The van der Waals surface area contributed by atoms with Gasteiger partial charge in [0.15, 0.2) is 0 Å². The summed E-state index contributed by atoms with van der Waals surface area (Å²) in [6.45, 7) is 3.89. The summed E-state index contributed by atoms with van der Waals surface area (Å²) < 4.78 is 4.99. The Bertz CT molecular complexity index is 174. The maximum absolute atomic E-state index is 8.31. The Hall–Kier alpha value is -0.810. The lowest BCUT2D eigenvalue weighted by Gasteiger charge is -2.12. The van der Waals surface area contributed by atoms with Crippen molar-refractivity contribution < 1.29 is 9.94 Å². The number of nitrogens with two attached hydrogens (primary N) is 1. The normalized spacial score (nSPS) is 14.1. The smallest absolute Gasteiger partial charge is 0.139 e. The number of amidine groups is 1. The molecule has 0 saturated carbocycles. The van der Waals surface area contributed by atoms with E-state index in [9.17, 15) is 0 Å². The molecular formula is C10H23N3O2. The topological polar surface area (TPSA) is 79.9 Å². The van der Waals surface area contributed by atoms with Gasteiger partial charge in [-0.1, -0.05) is 5.16 Å². The Morgan fingerprint density at radius 1 is 1.53 bits per heavy atom. The first kappa shape index (κ1) is 14.2. The highest BCUT2D eigenvalue weighted by Gasteiger charge is 2.00. The van der Waals surface area contributed by atoms with E-state index in [0.717, 1.165) is 32.4 Å². The molecule has 15 heavy (non-hydrogen) atoms. The second-order valence-corrected chi connectivity index (χ2v) is 3.69. The van der Waals surface area contributed by atoms with E-state index in [2.05, 4.69) is 17.4 Å². The van der Waals surface area contributed by atoms with Crippen molar-refractivity contribution in [2.45, 2.75) is 38.6 Å². The quantitative estimate of drug-likeness (QED) is 0.176. The van der Waals surface area contributed by atoms with Crippen LogP contribution < -0.4 is 11.1 Å². The molecule has 0 fully saturated rings. The van der Waals surface area contributed by atoms with Gasteiger partial charge in [-0.15, -0.1) is 0 Å². The molecule has 0 aliphatic rings. The molecule has 0 aromatic rings. The first-order valence-electron chi connectivity index (χ1n) is 5.39. The van der Waals surface area contributed by atoms with Gasteiger partial charge in [0.05, 0.1) is 0 Å². The number of unbranched alkanes of at least 4 members (excludes halogenated alkanes) is 1. The first-order valence-corrected chi connectivity index (χ1v) is 5.39. The second kappa shape index (κ2) is 9.73. The molecule has 0 radical (unpaired) electrons. The zero-order chi connectivity index (χ0) is 11.5. The maximum atomic E-state index is 8.31. The molecule has 0 spiro atoms. The highest BCUT2D eigenvalue weighted by atomic mass is 16.5. The molecule has 1 unspecified atom stereocenters. The van der Waals surface area contributed by atoms with Crippen LogP contribution in [0.4, 0.5) is 0 Å². The van der Waals surface area contributed by atoms with Gasteiger partial charge in [0.25, 0.3) is 0 Å². The summed E-state index contributed by atoms with van der Waals surface area (Å²) in [5.74, 6) is 0.308. The predicted molar refractivity (Wildman–Crippen MR) is 61.2 cm³/mol. The SMILES string of the molecule is COCCC(C)NCCCCC(N)=NO. The molecule has 90 valence electrons. The second-order valence-electron chi connectivity index (χ2n) is 3.69. The minimum absolute atomic E-state index is 0.308. The van der Waals surface area contributed by atoms with Gasteiger partial charge in [0, 0.05) is 26.2 Å². The average Bonchev–Trinajstić information content (AvgIpc) is 2.25. The predicted octanol–water partition coefficient (Wildman–Crippen LogP) is 0.918. The summed E-state index contributed by atoms with van der Waals surface area (Å²) in [6.07, 6.45) is 3.66. The fraction of sp³-hybridized carbons (Fsp3) is 0.900. The molecule has 0 aliphatic heterocycles. The number of nitrogens with zero attached hydrogens (tertiary/aromatic N) is 1. The summed E-state index contributed by atoms with van der Waals surface area (Å²) >= 11 is 0. The van der Waals surface area contributed by atoms with Crippen LogP contribution in [0.15, 0.2) is 5.16 Å². The molecule has 0 aromatic carbocycles. The molecule has 0 aliphatic carbocycles. The maximum Gasteiger partial charge on any atom is 0.139 e. The van der Waals surface area contributed by atoms with Gasteiger partial charge >= 0.3 is 0 Å².